The van der Waals surface area contributed by atoms with E-state index in [0.29, 0.717) is 0 Å². The van der Waals surface area contributed by atoms with Crippen LogP contribution in [0.25, 0.3) is 0 Å². The van der Waals surface area contributed by atoms with Crippen LogP contribution in [-0.2, 0) is 0 Å². The van der Waals surface area contributed by atoms with Gasteiger partial charge in [-0.1, -0.05) is 0 Å². The molecule has 0 fully saturated rings. The van der Waals surface area contributed by atoms with E-state index in [2.05, 4.69) is 9.98 Å². The normalized spacial score (nSPS) is 11.4. The van der Waals surface area contributed by atoms with Crippen molar-refractivity contribution in [2.45, 2.75) is 0 Å². The molecule has 13 heteroatoms. The molecule has 0 radical (unpaired) electrons. The Morgan fingerprint density at radius 2 is 1.24 bits per heavy atom. The second-order valence-corrected chi connectivity index (χ2v) is 5.53. The lowest BCUT2D eigenvalue weighted by Crippen LogP contribution is -2.24. The van der Waals surface area contributed by atoms with Crippen LogP contribution in [0, 0.1) is 0 Å². The average molecular weight is 400 g/mol. The highest BCUT2D eigenvalue weighted by molar-refractivity contribution is 5.86. The Morgan fingerprint density at radius 1 is 0.724 bits per heavy atom. The van der Waals surface area contributed by atoms with Crippen molar-refractivity contribution in [3.05, 3.63) is 71.0 Å². The van der Waals surface area contributed by atoms with Gasteiger partial charge in [0.25, 0.3) is 11.1 Å². The molecule has 0 saturated heterocycles. The summed E-state index contributed by atoms with van der Waals surface area (Å²) in [6, 6.07) is 3.87. The Morgan fingerprint density at radius 3 is 1.76 bits per heavy atom. The molecule has 0 bridgehead atoms. The number of phenols is 1. The number of aliphatic imine (C=N–C) groups is 2. The predicted molar refractivity (Wildman–Crippen MR) is 101 cm³/mol. The summed E-state index contributed by atoms with van der Waals surface area (Å²) in [5, 5.41) is 29.1. The molecule has 0 amide bonds. The number of aromatic nitrogens is 4. The molecule has 13 nitrogen and oxygen atoms in total. The standard InChI is InChI=1S/C16H12N6O7/c23-10-2-1-6(17-4-7-11(24)19-15(28)20-12(7)25)3-9(10)18-5-8-13(26)21-16(29)22-14(8)27/h1-5,23H,(H3,19,20,24,25,28)(H3,21,22,26,27,29). The number of benzene rings is 1. The Balaban J connectivity index is 1.96. The Labute approximate surface area is 158 Å². The first-order valence-electron chi connectivity index (χ1n) is 7.77. The summed E-state index contributed by atoms with van der Waals surface area (Å²) in [6.45, 7) is 0. The number of rotatable bonds is 4. The number of aromatic hydroxyl groups is 3. The fourth-order valence-electron chi connectivity index (χ4n) is 2.18. The molecule has 148 valence electrons. The van der Waals surface area contributed by atoms with Crippen LogP contribution in [-0.4, -0.2) is 47.7 Å². The van der Waals surface area contributed by atoms with E-state index in [-0.39, 0.29) is 28.3 Å². The minimum absolute atomic E-state index is 0.0516. The van der Waals surface area contributed by atoms with Crippen molar-refractivity contribution >= 4 is 23.8 Å². The van der Waals surface area contributed by atoms with Gasteiger partial charge in [0.15, 0.2) is 0 Å². The molecule has 0 spiro atoms. The first kappa shape index (κ1) is 19.1. The van der Waals surface area contributed by atoms with Gasteiger partial charge in [-0.3, -0.25) is 39.5 Å². The van der Waals surface area contributed by atoms with Crippen LogP contribution in [0.15, 0.2) is 47.4 Å². The molecule has 3 aromatic rings. The maximum atomic E-state index is 11.7. The minimum atomic E-state index is -0.899. The Kier molecular flexibility index (Phi) is 4.95. The summed E-state index contributed by atoms with van der Waals surface area (Å²) in [5.41, 5.74) is -4.04. The van der Waals surface area contributed by atoms with Crippen molar-refractivity contribution in [2.75, 3.05) is 0 Å². The topological polar surface area (TPSA) is 217 Å². The molecule has 1 aromatic carbocycles. The lowest BCUT2D eigenvalue weighted by molar-refractivity contribution is 0.447. The van der Waals surface area contributed by atoms with E-state index in [1.54, 1.807) is 0 Å². The van der Waals surface area contributed by atoms with Crippen molar-refractivity contribution in [3.8, 4) is 17.5 Å². The van der Waals surface area contributed by atoms with Crippen LogP contribution < -0.4 is 22.5 Å². The van der Waals surface area contributed by atoms with Crippen LogP contribution in [0.4, 0.5) is 11.4 Å². The van der Waals surface area contributed by atoms with Crippen molar-refractivity contribution in [2.24, 2.45) is 9.98 Å². The van der Waals surface area contributed by atoms with Gasteiger partial charge >= 0.3 is 11.4 Å². The number of nitrogens with one attached hydrogen (secondary N) is 4. The molecule has 3 rings (SSSR count). The lowest BCUT2D eigenvalue weighted by atomic mass is 10.2. The minimum Gasteiger partial charge on any atom is -0.506 e. The second kappa shape index (κ2) is 7.51. The molecule has 29 heavy (non-hydrogen) atoms. The molecule has 0 unspecified atom stereocenters. The highest BCUT2D eigenvalue weighted by Gasteiger charge is 2.08. The average Bonchev–Trinajstić information content (AvgIpc) is 2.62. The predicted octanol–water partition coefficient (Wildman–Crippen LogP) is -0.942. The molecule has 0 aliphatic rings. The van der Waals surface area contributed by atoms with Gasteiger partial charge in [0, 0.05) is 12.4 Å². The van der Waals surface area contributed by atoms with Crippen LogP contribution in [0.5, 0.6) is 17.5 Å². The van der Waals surface area contributed by atoms with Crippen molar-refractivity contribution < 1.29 is 15.3 Å². The van der Waals surface area contributed by atoms with E-state index >= 15 is 0 Å². The molecular formula is C16H12N6O7. The molecule has 7 N–H and O–H groups in total. The first-order chi connectivity index (χ1) is 13.7. The van der Waals surface area contributed by atoms with E-state index in [0.717, 1.165) is 12.4 Å². The summed E-state index contributed by atoms with van der Waals surface area (Å²) < 4.78 is 0. The maximum Gasteiger partial charge on any atom is 0.328 e. The van der Waals surface area contributed by atoms with Gasteiger partial charge in [-0.25, -0.2) is 9.59 Å². The Hall–Kier alpha value is -4.68. The molecular weight excluding hydrogens is 388 g/mol. The van der Waals surface area contributed by atoms with Gasteiger partial charge in [0.2, 0.25) is 11.8 Å². The second-order valence-electron chi connectivity index (χ2n) is 5.53. The van der Waals surface area contributed by atoms with Gasteiger partial charge in [0.05, 0.1) is 5.69 Å². The summed E-state index contributed by atoms with van der Waals surface area (Å²) >= 11 is 0. The van der Waals surface area contributed by atoms with Gasteiger partial charge in [-0.2, -0.15) is 0 Å². The molecule has 0 aliphatic heterocycles. The van der Waals surface area contributed by atoms with Gasteiger partial charge < -0.3 is 15.3 Å². The summed E-state index contributed by atoms with van der Waals surface area (Å²) in [4.78, 5) is 61.1. The number of H-pyrrole nitrogens is 4. The highest BCUT2D eigenvalue weighted by Crippen LogP contribution is 2.30. The van der Waals surface area contributed by atoms with Gasteiger partial charge in [-0.05, 0) is 18.2 Å². The third-order valence-corrected chi connectivity index (χ3v) is 3.55. The van der Waals surface area contributed by atoms with E-state index in [1.165, 1.54) is 18.2 Å². The van der Waals surface area contributed by atoms with E-state index < -0.39 is 34.3 Å². The van der Waals surface area contributed by atoms with E-state index in [9.17, 15) is 34.5 Å². The van der Waals surface area contributed by atoms with Crippen molar-refractivity contribution in [3.63, 3.8) is 0 Å². The van der Waals surface area contributed by atoms with Crippen LogP contribution in [0.1, 0.15) is 11.1 Å². The number of aromatic amines is 4. The zero-order chi connectivity index (χ0) is 21.1. The zero-order valence-corrected chi connectivity index (χ0v) is 14.3. The quantitative estimate of drug-likeness (QED) is 0.272. The number of nitrogens with zero attached hydrogens (tertiary/aromatic N) is 2. The summed E-state index contributed by atoms with van der Waals surface area (Å²) in [6.07, 6.45) is 1.91. The number of hydrogen-bond acceptors (Lipinski definition) is 9. The third kappa shape index (κ3) is 4.19. The monoisotopic (exact) mass is 400 g/mol. The molecule has 2 aromatic heterocycles. The van der Waals surface area contributed by atoms with Crippen LogP contribution in [0.2, 0.25) is 0 Å². The van der Waals surface area contributed by atoms with Crippen LogP contribution >= 0.6 is 0 Å². The van der Waals surface area contributed by atoms with Crippen LogP contribution in [0.3, 0.4) is 0 Å². The fraction of sp³-hybridized carbons (Fsp3) is 0. The summed E-state index contributed by atoms with van der Waals surface area (Å²) in [7, 11) is 0. The Bertz CT molecular complexity index is 1380. The SMILES string of the molecule is O=c1[nH]c(O)c(C=Nc2ccc(O)c(N=Cc3c(O)[nH]c(=O)[nH]c3=O)c2)c(=O)[nH]1. The number of phenolic OH excluding ortho intramolecular Hbond substituents is 1. The number of hydrogen-bond donors (Lipinski definition) is 7. The highest BCUT2D eigenvalue weighted by atomic mass is 16.3. The first-order valence-corrected chi connectivity index (χ1v) is 7.77. The molecule has 2 heterocycles. The third-order valence-electron chi connectivity index (χ3n) is 3.55. The van der Waals surface area contributed by atoms with E-state index in [1.807, 2.05) is 19.9 Å². The van der Waals surface area contributed by atoms with Crippen molar-refractivity contribution in [1.29, 1.82) is 0 Å². The largest absolute Gasteiger partial charge is 0.506 e. The van der Waals surface area contributed by atoms with Gasteiger partial charge in [0.1, 0.15) is 22.6 Å². The van der Waals surface area contributed by atoms with Gasteiger partial charge in [-0.15, -0.1) is 0 Å². The summed E-state index contributed by atoms with van der Waals surface area (Å²) in [5.74, 6) is -1.67. The zero-order valence-electron chi connectivity index (χ0n) is 14.3. The van der Waals surface area contributed by atoms with Crippen molar-refractivity contribution in [1.82, 2.24) is 19.9 Å². The molecule has 0 aliphatic carbocycles. The maximum absolute atomic E-state index is 11.7. The molecule has 0 atom stereocenters. The smallest absolute Gasteiger partial charge is 0.328 e. The fourth-order valence-corrected chi connectivity index (χ4v) is 2.18. The lowest BCUT2D eigenvalue weighted by Gasteiger charge is -2.01. The van der Waals surface area contributed by atoms with E-state index in [4.69, 9.17) is 0 Å². The molecule has 0 saturated carbocycles.